The summed E-state index contributed by atoms with van der Waals surface area (Å²) in [5, 5.41) is 7.20. The summed E-state index contributed by atoms with van der Waals surface area (Å²) < 4.78 is 1.75. The Morgan fingerprint density at radius 2 is 2.25 bits per heavy atom. The average molecular weight is 221 g/mol. The second-order valence-corrected chi connectivity index (χ2v) is 4.53. The number of carbonyl (C=O) groups excluding carboxylic acids is 1. The minimum atomic E-state index is 0.199. The molecule has 1 aromatic heterocycles. The van der Waals surface area contributed by atoms with Gasteiger partial charge in [-0.3, -0.25) is 9.48 Å². The first kappa shape index (κ1) is 11.2. The maximum Gasteiger partial charge on any atom is 0.223 e. The zero-order valence-corrected chi connectivity index (χ0v) is 9.78. The summed E-state index contributed by atoms with van der Waals surface area (Å²) in [6.45, 7) is 0.552. The second-order valence-electron chi connectivity index (χ2n) is 4.53. The van der Waals surface area contributed by atoms with Gasteiger partial charge in [0.2, 0.25) is 5.91 Å². The third kappa shape index (κ3) is 2.84. The van der Waals surface area contributed by atoms with E-state index in [2.05, 4.69) is 10.4 Å². The fraction of sp³-hybridized carbons (Fsp3) is 0.667. The molecule has 1 amide bonds. The predicted octanol–water partition coefficient (Wildman–Crippen LogP) is 1.62. The van der Waals surface area contributed by atoms with E-state index in [0.717, 1.165) is 18.5 Å². The largest absolute Gasteiger partial charge is 0.350 e. The maximum absolute atomic E-state index is 11.8. The van der Waals surface area contributed by atoms with E-state index in [0.29, 0.717) is 6.54 Å². The van der Waals surface area contributed by atoms with Crippen molar-refractivity contribution in [1.29, 1.82) is 0 Å². The fourth-order valence-electron chi connectivity index (χ4n) is 2.24. The monoisotopic (exact) mass is 221 g/mol. The summed E-state index contributed by atoms with van der Waals surface area (Å²) in [6, 6.07) is 1.93. The van der Waals surface area contributed by atoms with Crippen LogP contribution in [0.4, 0.5) is 0 Å². The molecule has 1 saturated carbocycles. The van der Waals surface area contributed by atoms with Crippen molar-refractivity contribution in [3.8, 4) is 0 Å². The lowest BCUT2D eigenvalue weighted by Gasteiger charge is -2.20. The molecule has 0 aliphatic heterocycles. The van der Waals surface area contributed by atoms with E-state index in [1.807, 2.05) is 19.3 Å². The van der Waals surface area contributed by atoms with Gasteiger partial charge in [0.1, 0.15) is 0 Å². The van der Waals surface area contributed by atoms with Crippen LogP contribution in [0.25, 0.3) is 0 Å². The van der Waals surface area contributed by atoms with Gasteiger partial charge in [-0.1, -0.05) is 19.3 Å². The van der Waals surface area contributed by atoms with Crippen LogP contribution in [0.3, 0.4) is 0 Å². The lowest BCUT2D eigenvalue weighted by Crippen LogP contribution is -2.31. The fourth-order valence-corrected chi connectivity index (χ4v) is 2.24. The van der Waals surface area contributed by atoms with Crippen LogP contribution in [-0.2, 0) is 18.4 Å². The van der Waals surface area contributed by atoms with Crippen LogP contribution >= 0.6 is 0 Å². The first-order valence-electron chi connectivity index (χ1n) is 6.02. The molecule has 1 fully saturated rings. The van der Waals surface area contributed by atoms with Crippen molar-refractivity contribution in [3.63, 3.8) is 0 Å². The van der Waals surface area contributed by atoms with Gasteiger partial charge in [0.25, 0.3) is 0 Å². The van der Waals surface area contributed by atoms with Crippen molar-refractivity contribution < 1.29 is 4.79 Å². The molecule has 4 nitrogen and oxygen atoms in total. The Morgan fingerprint density at radius 3 is 2.88 bits per heavy atom. The first-order valence-corrected chi connectivity index (χ1v) is 6.02. The van der Waals surface area contributed by atoms with Gasteiger partial charge >= 0.3 is 0 Å². The van der Waals surface area contributed by atoms with E-state index in [1.54, 1.807) is 4.68 Å². The molecule has 1 aliphatic carbocycles. The Hall–Kier alpha value is -1.32. The summed E-state index contributed by atoms with van der Waals surface area (Å²) in [6.07, 6.45) is 7.66. The number of amides is 1. The molecule has 0 atom stereocenters. The summed E-state index contributed by atoms with van der Waals surface area (Å²) in [7, 11) is 1.88. The summed E-state index contributed by atoms with van der Waals surface area (Å²) in [4.78, 5) is 11.8. The van der Waals surface area contributed by atoms with Gasteiger partial charge in [-0.05, 0) is 18.9 Å². The minimum Gasteiger partial charge on any atom is -0.350 e. The van der Waals surface area contributed by atoms with Gasteiger partial charge in [0.05, 0.1) is 12.2 Å². The summed E-state index contributed by atoms with van der Waals surface area (Å²) in [5.41, 5.74) is 0.923. The third-order valence-corrected chi connectivity index (χ3v) is 3.19. The number of rotatable bonds is 3. The Labute approximate surface area is 96.0 Å². The van der Waals surface area contributed by atoms with Crippen molar-refractivity contribution in [2.45, 2.75) is 38.6 Å². The molecule has 0 aromatic carbocycles. The number of nitrogens with zero attached hydrogens (tertiary/aromatic N) is 2. The van der Waals surface area contributed by atoms with Crippen molar-refractivity contribution >= 4 is 5.91 Å². The minimum absolute atomic E-state index is 0.199. The number of hydrogen-bond donors (Lipinski definition) is 1. The van der Waals surface area contributed by atoms with Crippen molar-refractivity contribution in [2.75, 3.05) is 0 Å². The van der Waals surface area contributed by atoms with E-state index in [-0.39, 0.29) is 11.8 Å². The van der Waals surface area contributed by atoms with Crippen LogP contribution in [0.5, 0.6) is 0 Å². The molecule has 0 spiro atoms. The zero-order chi connectivity index (χ0) is 11.4. The van der Waals surface area contributed by atoms with Crippen molar-refractivity contribution in [3.05, 3.63) is 18.0 Å². The molecule has 0 saturated heterocycles. The number of aromatic nitrogens is 2. The average Bonchev–Trinajstić information content (AvgIpc) is 2.73. The van der Waals surface area contributed by atoms with Gasteiger partial charge in [-0.15, -0.1) is 0 Å². The van der Waals surface area contributed by atoms with Crippen LogP contribution < -0.4 is 5.32 Å². The summed E-state index contributed by atoms with van der Waals surface area (Å²) in [5.74, 6) is 0.433. The molecule has 16 heavy (non-hydrogen) atoms. The predicted molar refractivity (Wildman–Crippen MR) is 61.6 cm³/mol. The second kappa shape index (κ2) is 5.14. The molecule has 0 radical (unpaired) electrons. The van der Waals surface area contributed by atoms with Gasteiger partial charge in [0, 0.05) is 19.2 Å². The van der Waals surface area contributed by atoms with Gasteiger partial charge in [-0.25, -0.2) is 0 Å². The topological polar surface area (TPSA) is 46.9 Å². The molecule has 1 heterocycles. The van der Waals surface area contributed by atoms with Gasteiger partial charge in [-0.2, -0.15) is 5.10 Å². The Kier molecular flexibility index (Phi) is 3.59. The first-order chi connectivity index (χ1) is 7.75. The van der Waals surface area contributed by atoms with E-state index in [4.69, 9.17) is 0 Å². The van der Waals surface area contributed by atoms with Crippen LogP contribution in [0.1, 0.15) is 37.8 Å². The lowest BCUT2D eigenvalue weighted by molar-refractivity contribution is -0.126. The molecule has 4 heteroatoms. The molecule has 1 N–H and O–H groups in total. The highest BCUT2D eigenvalue weighted by Crippen LogP contribution is 2.23. The van der Waals surface area contributed by atoms with E-state index >= 15 is 0 Å². The van der Waals surface area contributed by atoms with E-state index < -0.39 is 0 Å². The number of aryl methyl sites for hydroxylation is 1. The van der Waals surface area contributed by atoms with Crippen molar-refractivity contribution in [2.24, 2.45) is 13.0 Å². The molecule has 0 unspecified atom stereocenters. The quantitative estimate of drug-likeness (QED) is 0.843. The Morgan fingerprint density at radius 1 is 1.50 bits per heavy atom. The van der Waals surface area contributed by atoms with Crippen LogP contribution in [0.15, 0.2) is 12.3 Å². The number of hydrogen-bond acceptors (Lipinski definition) is 2. The van der Waals surface area contributed by atoms with Gasteiger partial charge in [0.15, 0.2) is 0 Å². The zero-order valence-electron chi connectivity index (χ0n) is 9.78. The molecule has 1 aromatic rings. The number of nitrogens with one attached hydrogen (secondary N) is 1. The van der Waals surface area contributed by atoms with E-state index in [9.17, 15) is 4.79 Å². The van der Waals surface area contributed by atoms with Crippen LogP contribution in [0.2, 0.25) is 0 Å². The highest BCUT2D eigenvalue weighted by Gasteiger charge is 2.20. The molecular weight excluding hydrogens is 202 g/mol. The van der Waals surface area contributed by atoms with E-state index in [1.165, 1.54) is 19.3 Å². The Balaban J connectivity index is 1.78. The molecule has 1 aliphatic rings. The standard InChI is InChI=1S/C12H19N3O/c1-15-8-7-11(14-15)9-13-12(16)10-5-3-2-4-6-10/h7-8,10H,2-6,9H2,1H3,(H,13,16). The maximum atomic E-state index is 11.8. The smallest absolute Gasteiger partial charge is 0.223 e. The molecule has 0 bridgehead atoms. The van der Waals surface area contributed by atoms with Crippen molar-refractivity contribution in [1.82, 2.24) is 15.1 Å². The Bertz CT molecular complexity index is 353. The third-order valence-electron chi connectivity index (χ3n) is 3.19. The molecular formula is C12H19N3O. The highest BCUT2D eigenvalue weighted by molar-refractivity contribution is 5.78. The molecule has 2 rings (SSSR count). The molecule has 88 valence electrons. The number of carbonyl (C=O) groups is 1. The lowest BCUT2D eigenvalue weighted by atomic mass is 9.89. The highest BCUT2D eigenvalue weighted by atomic mass is 16.1. The SMILES string of the molecule is Cn1ccc(CNC(=O)C2CCCCC2)n1. The van der Waals surface area contributed by atoms with Crippen LogP contribution in [0, 0.1) is 5.92 Å². The van der Waals surface area contributed by atoms with Crippen LogP contribution in [-0.4, -0.2) is 15.7 Å². The van der Waals surface area contributed by atoms with Gasteiger partial charge < -0.3 is 5.32 Å². The summed E-state index contributed by atoms with van der Waals surface area (Å²) >= 11 is 0. The normalized spacial score (nSPS) is 17.3.